The normalized spacial score (nSPS) is 14.2. The van der Waals surface area contributed by atoms with E-state index < -0.39 is 0 Å². The first kappa shape index (κ1) is 18.0. The molecule has 0 aromatic rings. The van der Waals surface area contributed by atoms with Gasteiger partial charge in [0, 0.05) is 0 Å². The van der Waals surface area contributed by atoms with Crippen LogP contribution in [0.15, 0.2) is 0 Å². The third kappa shape index (κ3) is 9.01. The van der Waals surface area contributed by atoms with Crippen molar-refractivity contribution in [3.05, 3.63) is 21.3 Å². The molecule has 0 bridgehead atoms. The fourth-order valence-corrected chi connectivity index (χ4v) is 0.880. The predicted octanol–water partition coefficient (Wildman–Crippen LogP) is 3.54. The SMILES string of the molecule is [CH2-]CCC([CH2-])C(C)CC.[CH3-].[Y+3]. The molecule has 0 spiro atoms. The van der Waals surface area contributed by atoms with Gasteiger partial charge in [0.05, 0.1) is 0 Å². The molecule has 0 amide bonds. The van der Waals surface area contributed by atoms with Crippen LogP contribution in [0.5, 0.6) is 0 Å². The molecule has 0 heterocycles. The smallest absolute Gasteiger partial charge is 0.358 e. The van der Waals surface area contributed by atoms with Crippen LogP contribution in [0.25, 0.3) is 0 Å². The Morgan fingerprint density at radius 1 is 1.36 bits per heavy atom. The molecule has 0 rings (SSSR count). The summed E-state index contributed by atoms with van der Waals surface area (Å²) >= 11 is 0. The van der Waals surface area contributed by atoms with Crippen molar-refractivity contribution in [1.29, 1.82) is 0 Å². The van der Waals surface area contributed by atoms with Crippen LogP contribution < -0.4 is 0 Å². The van der Waals surface area contributed by atoms with Gasteiger partial charge in [0.25, 0.3) is 0 Å². The van der Waals surface area contributed by atoms with Crippen molar-refractivity contribution < 1.29 is 32.7 Å². The van der Waals surface area contributed by atoms with Crippen molar-refractivity contribution in [3.63, 3.8) is 0 Å². The van der Waals surface area contributed by atoms with E-state index in [-0.39, 0.29) is 40.1 Å². The third-order valence-electron chi connectivity index (χ3n) is 2.02. The first-order valence-electron chi connectivity index (χ1n) is 3.84. The number of rotatable bonds is 4. The summed E-state index contributed by atoms with van der Waals surface area (Å²) in [4.78, 5) is 0. The average Bonchev–Trinajstić information content (AvgIpc) is 1.87. The maximum atomic E-state index is 4.06. The van der Waals surface area contributed by atoms with E-state index in [0.717, 1.165) is 12.3 Å². The maximum absolute atomic E-state index is 4.06. The molecular formula is C10H21Y. The van der Waals surface area contributed by atoms with Gasteiger partial charge in [0.1, 0.15) is 0 Å². The second kappa shape index (κ2) is 11.1. The Morgan fingerprint density at radius 3 is 2.09 bits per heavy atom. The molecule has 11 heavy (non-hydrogen) atoms. The molecule has 0 radical (unpaired) electrons. The second-order valence-corrected chi connectivity index (χ2v) is 2.79. The molecule has 0 aliphatic rings. The Kier molecular flexibility index (Phi) is 18.2. The van der Waals surface area contributed by atoms with Crippen LogP contribution in [-0.2, 0) is 32.7 Å². The predicted molar refractivity (Wildman–Crippen MR) is 49.3 cm³/mol. The van der Waals surface area contributed by atoms with Gasteiger partial charge in [-0.05, 0) is 0 Å². The number of hydrogen-bond donors (Lipinski definition) is 0. The van der Waals surface area contributed by atoms with Crippen LogP contribution in [0.4, 0.5) is 0 Å². The van der Waals surface area contributed by atoms with E-state index in [1.165, 1.54) is 12.8 Å². The van der Waals surface area contributed by atoms with E-state index in [4.69, 9.17) is 0 Å². The Bertz CT molecular complexity index is 61.9. The van der Waals surface area contributed by atoms with E-state index in [1.54, 1.807) is 0 Å². The molecule has 0 fully saturated rings. The summed E-state index contributed by atoms with van der Waals surface area (Å²) in [6.07, 6.45) is 3.45. The summed E-state index contributed by atoms with van der Waals surface area (Å²) in [5, 5.41) is 0. The number of hydrogen-bond acceptors (Lipinski definition) is 0. The molecule has 1 heteroatoms. The largest absolute Gasteiger partial charge is 3.00 e. The van der Waals surface area contributed by atoms with Crippen LogP contribution >= 0.6 is 0 Å². The topological polar surface area (TPSA) is 0 Å². The van der Waals surface area contributed by atoms with Gasteiger partial charge in [-0.15, -0.1) is 6.42 Å². The van der Waals surface area contributed by atoms with Gasteiger partial charge in [0.15, 0.2) is 0 Å². The summed E-state index contributed by atoms with van der Waals surface area (Å²) in [6, 6.07) is 0. The molecule has 64 valence electrons. The minimum Gasteiger partial charge on any atom is -0.358 e. The molecule has 0 aromatic carbocycles. The van der Waals surface area contributed by atoms with Crippen LogP contribution in [-0.4, -0.2) is 0 Å². The average molecular weight is 230 g/mol. The van der Waals surface area contributed by atoms with Crippen LogP contribution in [0.1, 0.15) is 33.1 Å². The summed E-state index contributed by atoms with van der Waals surface area (Å²) in [7, 11) is 0. The van der Waals surface area contributed by atoms with E-state index in [2.05, 4.69) is 27.7 Å². The maximum Gasteiger partial charge on any atom is 3.00 e. The quantitative estimate of drug-likeness (QED) is 0.648. The van der Waals surface area contributed by atoms with Crippen LogP contribution in [0.2, 0.25) is 0 Å². The Hall–Kier alpha value is 1.10. The van der Waals surface area contributed by atoms with Gasteiger partial charge in [-0.1, -0.05) is 26.2 Å². The summed E-state index contributed by atoms with van der Waals surface area (Å²) in [6.45, 7) is 12.3. The van der Waals surface area contributed by atoms with Crippen LogP contribution in [0, 0.1) is 33.1 Å². The Morgan fingerprint density at radius 2 is 1.82 bits per heavy atom. The zero-order valence-corrected chi connectivity index (χ0v) is 11.1. The van der Waals surface area contributed by atoms with Crippen molar-refractivity contribution in [1.82, 2.24) is 0 Å². The zero-order valence-electron chi connectivity index (χ0n) is 8.27. The Balaban J connectivity index is -0.000000320. The minimum absolute atomic E-state index is 0. The van der Waals surface area contributed by atoms with Gasteiger partial charge < -0.3 is 21.3 Å². The minimum atomic E-state index is 0. The van der Waals surface area contributed by atoms with Crippen LogP contribution in [0.3, 0.4) is 0 Å². The molecule has 2 unspecified atom stereocenters. The standard InChI is InChI=1S/C9H18.CH3.Y/c1-5-7-9(4)8(3)6-2;;/h8-9H,1,4-7H2,2-3H3;1H3;/q-2;-1;+3. The van der Waals surface area contributed by atoms with E-state index in [1.807, 2.05) is 0 Å². The molecular weight excluding hydrogens is 209 g/mol. The summed E-state index contributed by atoms with van der Waals surface area (Å²) in [5.74, 6) is 1.39. The molecule has 0 aliphatic heterocycles. The molecule has 0 N–H and O–H groups in total. The van der Waals surface area contributed by atoms with Crippen molar-refractivity contribution in [2.75, 3.05) is 0 Å². The van der Waals surface area contributed by atoms with Gasteiger partial charge >= 0.3 is 32.7 Å². The van der Waals surface area contributed by atoms with Gasteiger partial charge in [-0.2, -0.15) is 12.3 Å². The second-order valence-electron chi connectivity index (χ2n) is 2.79. The molecule has 0 saturated heterocycles. The molecule has 0 aliphatic carbocycles. The fraction of sp³-hybridized carbons (Fsp3) is 0.700. The molecule has 2 atom stereocenters. The molecule has 0 nitrogen and oxygen atoms in total. The first-order chi connectivity index (χ1) is 4.22. The zero-order chi connectivity index (χ0) is 7.28. The Labute approximate surface area is 98.4 Å². The molecule has 0 saturated carbocycles. The van der Waals surface area contributed by atoms with E-state index in [0.29, 0.717) is 5.92 Å². The summed E-state index contributed by atoms with van der Waals surface area (Å²) < 4.78 is 0. The van der Waals surface area contributed by atoms with Gasteiger partial charge in [0.2, 0.25) is 0 Å². The van der Waals surface area contributed by atoms with Crippen molar-refractivity contribution in [2.45, 2.75) is 33.1 Å². The first-order valence-corrected chi connectivity index (χ1v) is 3.84. The van der Waals surface area contributed by atoms with Crippen molar-refractivity contribution in [2.24, 2.45) is 11.8 Å². The fourth-order valence-electron chi connectivity index (χ4n) is 0.880. The molecule has 0 aromatic heterocycles. The van der Waals surface area contributed by atoms with Crippen molar-refractivity contribution in [3.8, 4) is 0 Å². The van der Waals surface area contributed by atoms with E-state index in [9.17, 15) is 0 Å². The van der Waals surface area contributed by atoms with Gasteiger partial charge in [-0.25, -0.2) is 0 Å². The third-order valence-corrected chi connectivity index (χ3v) is 2.02. The van der Waals surface area contributed by atoms with Crippen molar-refractivity contribution >= 4 is 0 Å². The van der Waals surface area contributed by atoms with Gasteiger partial charge in [-0.3, -0.25) is 0 Å². The monoisotopic (exact) mass is 230 g/mol. The van der Waals surface area contributed by atoms with E-state index >= 15 is 0 Å². The summed E-state index contributed by atoms with van der Waals surface area (Å²) in [5.41, 5.74) is 0.